The number of benzene rings is 1. The van der Waals surface area contributed by atoms with Crippen molar-refractivity contribution in [1.82, 2.24) is 0 Å². The van der Waals surface area contributed by atoms with E-state index in [-0.39, 0.29) is 12.2 Å². The Balaban J connectivity index is 2.35. The Bertz CT molecular complexity index is 573. The van der Waals surface area contributed by atoms with E-state index in [1.165, 1.54) is 0 Å². The second kappa shape index (κ2) is 4.84. The topological polar surface area (TPSA) is 51.2 Å². The minimum atomic E-state index is -3.36. The molecular weight excluding hydrogens is 248 g/mol. The molecule has 0 aromatic heterocycles. The van der Waals surface area contributed by atoms with Crippen LogP contribution in [0.25, 0.3) is 0 Å². The SMILES string of the molecule is Cc1ccc(S(=O)(=O)C2CCCC(=O)C2)cc1C. The Kier molecular flexibility index (Phi) is 3.57. The zero-order valence-electron chi connectivity index (χ0n) is 10.8. The summed E-state index contributed by atoms with van der Waals surface area (Å²) in [4.78, 5) is 11.8. The molecule has 1 fully saturated rings. The Morgan fingerprint density at radius 3 is 2.50 bits per heavy atom. The molecule has 18 heavy (non-hydrogen) atoms. The van der Waals surface area contributed by atoms with Gasteiger partial charge in [-0.25, -0.2) is 8.42 Å². The molecule has 0 N–H and O–H groups in total. The van der Waals surface area contributed by atoms with E-state index in [0.717, 1.165) is 11.1 Å². The first-order valence-electron chi connectivity index (χ1n) is 6.24. The lowest BCUT2D eigenvalue weighted by Gasteiger charge is -2.21. The first kappa shape index (κ1) is 13.3. The molecule has 0 heterocycles. The highest BCUT2D eigenvalue weighted by Gasteiger charge is 2.32. The molecular formula is C14H18O3S. The summed E-state index contributed by atoms with van der Waals surface area (Å²) in [5.74, 6) is 0.0682. The van der Waals surface area contributed by atoms with Crippen molar-refractivity contribution in [2.75, 3.05) is 0 Å². The number of ketones is 1. The minimum Gasteiger partial charge on any atom is -0.300 e. The van der Waals surface area contributed by atoms with Gasteiger partial charge in [0.2, 0.25) is 0 Å². The lowest BCUT2D eigenvalue weighted by molar-refractivity contribution is -0.120. The lowest BCUT2D eigenvalue weighted by Crippen LogP contribution is -2.28. The summed E-state index contributed by atoms with van der Waals surface area (Å²) in [6.07, 6.45) is 1.99. The second-order valence-corrected chi connectivity index (χ2v) is 7.28. The van der Waals surface area contributed by atoms with Crippen molar-refractivity contribution < 1.29 is 13.2 Å². The molecule has 2 rings (SSSR count). The first-order chi connectivity index (χ1) is 8.41. The standard InChI is InChI=1S/C14H18O3S/c1-10-6-7-14(8-11(10)2)18(16,17)13-5-3-4-12(15)9-13/h6-8,13H,3-5,9H2,1-2H3. The van der Waals surface area contributed by atoms with Crippen LogP contribution in [0.1, 0.15) is 36.8 Å². The predicted octanol–water partition coefficient (Wildman–Crippen LogP) is 2.59. The number of carbonyl (C=O) groups excluding carboxylic acids is 1. The van der Waals surface area contributed by atoms with Crippen LogP contribution >= 0.6 is 0 Å². The third-order valence-corrected chi connectivity index (χ3v) is 5.87. The van der Waals surface area contributed by atoms with E-state index in [4.69, 9.17) is 0 Å². The molecule has 0 spiro atoms. The third-order valence-electron chi connectivity index (χ3n) is 3.68. The quantitative estimate of drug-likeness (QED) is 0.826. The van der Waals surface area contributed by atoms with Crippen molar-refractivity contribution in [3.8, 4) is 0 Å². The molecule has 1 saturated carbocycles. The number of aryl methyl sites for hydroxylation is 2. The molecule has 3 nitrogen and oxygen atoms in total. The summed E-state index contributed by atoms with van der Waals surface area (Å²) in [7, 11) is -3.36. The van der Waals surface area contributed by atoms with Gasteiger partial charge in [-0.15, -0.1) is 0 Å². The van der Waals surface area contributed by atoms with Crippen LogP contribution in [0.4, 0.5) is 0 Å². The van der Waals surface area contributed by atoms with Crippen LogP contribution in [-0.4, -0.2) is 19.5 Å². The smallest absolute Gasteiger partial charge is 0.181 e. The van der Waals surface area contributed by atoms with Gasteiger partial charge in [-0.05, 0) is 49.9 Å². The Labute approximate surface area is 108 Å². The van der Waals surface area contributed by atoms with Crippen molar-refractivity contribution in [1.29, 1.82) is 0 Å². The van der Waals surface area contributed by atoms with Gasteiger partial charge in [0.25, 0.3) is 0 Å². The molecule has 0 bridgehead atoms. The molecule has 1 aromatic rings. The first-order valence-corrected chi connectivity index (χ1v) is 7.79. The van der Waals surface area contributed by atoms with Gasteiger partial charge in [0, 0.05) is 12.8 Å². The van der Waals surface area contributed by atoms with Crippen LogP contribution in [0.15, 0.2) is 23.1 Å². The molecule has 1 aromatic carbocycles. The molecule has 1 unspecified atom stereocenters. The van der Waals surface area contributed by atoms with Crippen LogP contribution < -0.4 is 0 Å². The van der Waals surface area contributed by atoms with E-state index in [0.29, 0.717) is 24.2 Å². The van der Waals surface area contributed by atoms with Crippen molar-refractivity contribution in [2.45, 2.75) is 49.7 Å². The number of hydrogen-bond acceptors (Lipinski definition) is 3. The maximum absolute atomic E-state index is 12.4. The number of Topliss-reactive ketones (excluding diaryl/α,β-unsaturated/α-hetero) is 1. The Morgan fingerprint density at radius 1 is 1.17 bits per heavy atom. The van der Waals surface area contributed by atoms with Crippen LogP contribution in [0, 0.1) is 13.8 Å². The molecule has 0 amide bonds. The molecule has 1 aliphatic rings. The van der Waals surface area contributed by atoms with Gasteiger partial charge in [0.05, 0.1) is 10.1 Å². The zero-order valence-corrected chi connectivity index (χ0v) is 11.6. The summed E-state index contributed by atoms with van der Waals surface area (Å²) in [6, 6.07) is 5.19. The van der Waals surface area contributed by atoms with Gasteiger partial charge in [0.1, 0.15) is 5.78 Å². The largest absolute Gasteiger partial charge is 0.300 e. The van der Waals surface area contributed by atoms with Crippen molar-refractivity contribution in [3.63, 3.8) is 0 Å². The van der Waals surface area contributed by atoms with Crippen LogP contribution in [0.5, 0.6) is 0 Å². The summed E-state index contributed by atoms with van der Waals surface area (Å²) < 4.78 is 24.9. The van der Waals surface area contributed by atoms with E-state index >= 15 is 0 Å². The Morgan fingerprint density at radius 2 is 1.89 bits per heavy atom. The number of rotatable bonds is 2. The lowest BCUT2D eigenvalue weighted by atomic mass is 9.99. The zero-order chi connectivity index (χ0) is 13.3. The van der Waals surface area contributed by atoms with Gasteiger partial charge >= 0.3 is 0 Å². The fourth-order valence-electron chi connectivity index (χ4n) is 2.33. The van der Waals surface area contributed by atoms with Crippen molar-refractivity contribution in [2.24, 2.45) is 0 Å². The average molecular weight is 266 g/mol. The van der Waals surface area contributed by atoms with Gasteiger partial charge in [-0.2, -0.15) is 0 Å². The third kappa shape index (κ3) is 2.48. The Hall–Kier alpha value is -1.16. The normalized spacial score (nSPS) is 21.0. The maximum Gasteiger partial charge on any atom is 0.181 e. The number of sulfone groups is 1. The van der Waals surface area contributed by atoms with Gasteiger partial charge in [-0.1, -0.05) is 6.07 Å². The van der Waals surface area contributed by atoms with E-state index in [1.54, 1.807) is 12.1 Å². The van der Waals surface area contributed by atoms with Gasteiger partial charge < -0.3 is 0 Å². The average Bonchev–Trinajstić information content (AvgIpc) is 2.32. The van der Waals surface area contributed by atoms with Crippen LogP contribution in [0.3, 0.4) is 0 Å². The van der Waals surface area contributed by atoms with E-state index in [1.807, 2.05) is 19.9 Å². The summed E-state index contributed by atoms with van der Waals surface area (Å²) in [5, 5.41) is -0.527. The van der Waals surface area contributed by atoms with Gasteiger partial charge in [0.15, 0.2) is 9.84 Å². The van der Waals surface area contributed by atoms with E-state index in [2.05, 4.69) is 0 Å². The molecule has 1 aliphatic carbocycles. The highest BCUT2D eigenvalue weighted by Crippen LogP contribution is 2.27. The molecule has 0 saturated heterocycles. The summed E-state index contributed by atoms with van der Waals surface area (Å²) in [6.45, 7) is 3.86. The van der Waals surface area contributed by atoms with Crippen LogP contribution in [0.2, 0.25) is 0 Å². The van der Waals surface area contributed by atoms with Crippen molar-refractivity contribution in [3.05, 3.63) is 29.3 Å². The van der Waals surface area contributed by atoms with E-state index in [9.17, 15) is 13.2 Å². The minimum absolute atomic E-state index is 0.0682. The maximum atomic E-state index is 12.4. The highest BCUT2D eigenvalue weighted by molar-refractivity contribution is 7.92. The number of carbonyl (C=O) groups is 1. The molecule has 1 atom stereocenters. The predicted molar refractivity (Wildman–Crippen MR) is 70.4 cm³/mol. The monoisotopic (exact) mass is 266 g/mol. The fourth-order valence-corrected chi connectivity index (χ4v) is 4.20. The fraction of sp³-hybridized carbons (Fsp3) is 0.500. The number of hydrogen-bond donors (Lipinski definition) is 0. The van der Waals surface area contributed by atoms with Gasteiger partial charge in [-0.3, -0.25) is 4.79 Å². The van der Waals surface area contributed by atoms with Crippen LogP contribution in [-0.2, 0) is 14.6 Å². The highest BCUT2D eigenvalue weighted by atomic mass is 32.2. The summed E-state index contributed by atoms with van der Waals surface area (Å²) in [5.41, 5.74) is 2.05. The van der Waals surface area contributed by atoms with E-state index < -0.39 is 15.1 Å². The second-order valence-electron chi connectivity index (χ2n) is 5.05. The molecule has 0 aliphatic heterocycles. The van der Waals surface area contributed by atoms with Crippen molar-refractivity contribution >= 4 is 15.6 Å². The molecule has 4 heteroatoms. The molecule has 0 radical (unpaired) electrons. The summed E-state index contributed by atoms with van der Waals surface area (Å²) >= 11 is 0. The molecule has 98 valence electrons.